The quantitative estimate of drug-likeness (QED) is 0.677. The van der Waals surface area contributed by atoms with Crippen LogP contribution in [0.25, 0.3) is 0 Å². The van der Waals surface area contributed by atoms with Crippen molar-refractivity contribution < 1.29 is 14.0 Å². The molecule has 1 amide bonds. The molecule has 6 heteroatoms. The van der Waals surface area contributed by atoms with Crippen molar-refractivity contribution in [2.45, 2.75) is 6.61 Å². The van der Waals surface area contributed by atoms with Crippen LogP contribution in [0.2, 0.25) is 5.02 Å². The van der Waals surface area contributed by atoms with Crippen LogP contribution in [0.4, 0.5) is 10.1 Å². The average molecular weight is 307 g/mol. The summed E-state index contributed by atoms with van der Waals surface area (Å²) in [6.45, 7) is 0.149. The minimum Gasteiger partial charge on any atom is -0.391 e. The summed E-state index contributed by atoms with van der Waals surface area (Å²) in [6.07, 6.45) is 1.01. The number of hydrogen-bond acceptors (Lipinski definition) is 3. The molecule has 2 aromatic carbocycles. The fourth-order valence-electron chi connectivity index (χ4n) is 1.51. The van der Waals surface area contributed by atoms with Crippen LogP contribution < -0.4 is 5.32 Å². The number of benzene rings is 2. The van der Waals surface area contributed by atoms with Gasteiger partial charge in [-0.2, -0.15) is 0 Å². The number of carbonyl (C=O) groups is 1. The lowest BCUT2D eigenvalue weighted by atomic mass is 10.2. The highest BCUT2D eigenvalue weighted by molar-refractivity contribution is 6.36. The molecule has 0 spiro atoms. The van der Waals surface area contributed by atoms with Gasteiger partial charge in [-0.1, -0.05) is 41.0 Å². The van der Waals surface area contributed by atoms with Crippen molar-refractivity contribution in [3.63, 3.8) is 0 Å². The zero-order valence-corrected chi connectivity index (χ0v) is 11.7. The number of halogens is 2. The first kappa shape index (κ1) is 15.0. The molecule has 4 nitrogen and oxygen atoms in total. The van der Waals surface area contributed by atoms with Crippen molar-refractivity contribution >= 4 is 29.4 Å². The zero-order valence-electron chi connectivity index (χ0n) is 10.9. The van der Waals surface area contributed by atoms with Gasteiger partial charge < -0.3 is 10.2 Å². The number of oxime groups is 1. The SMILES string of the molecule is O=C(/C=N/OCc1ccc(F)cc1)Nc1ccccc1Cl. The van der Waals surface area contributed by atoms with Crippen LogP contribution in [0.1, 0.15) is 5.56 Å². The lowest BCUT2D eigenvalue weighted by Crippen LogP contribution is -2.13. The summed E-state index contributed by atoms with van der Waals surface area (Å²) in [5.74, 6) is -0.774. The Hall–Kier alpha value is -2.40. The summed E-state index contributed by atoms with van der Waals surface area (Å²) in [6, 6.07) is 12.7. The molecular formula is C15H12ClFN2O2. The molecule has 0 aliphatic carbocycles. The third-order valence-electron chi connectivity index (χ3n) is 2.52. The first-order chi connectivity index (χ1) is 10.1. The monoisotopic (exact) mass is 306 g/mol. The number of nitrogens with one attached hydrogen (secondary N) is 1. The van der Waals surface area contributed by atoms with Gasteiger partial charge in [0.25, 0.3) is 5.91 Å². The highest BCUT2D eigenvalue weighted by Gasteiger charge is 2.02. The lowest BCUT2D eigenvalue weighted by molar-refractivity contribution is -0.110. The molecule has 21 heavy (non-hydrogen) atoms. The number of anilines is 1. The van der Waals surface area contributed by atoms with Crippen LogP contribution in [-0.2, 0) is 16.2 Å². The van der Waals surface area contributed by atoms with Crippen molar-refractivity contribution in [2.24, 2.45) is 5.16 Å². The van der Waals surface area contributed by atoms with E-state index in [9.17, 15) is 9.18 Å². The molecule has 2 aromatic rings. The molecule has 0 atom stereocenters. The van der Waals surface area contributed by atoms with Gasteiger partial charge in [0.1, 0.15) is 18.6 Å². The highest BCUT2D eigenvalue weighted by atomic mass is 35.5. The Kier molecular flexibility index (Phi) is 5.29. The zero-order chi connectivity index (χ0) is 15.1. The first-order valence-electron chi connectivity index (χ1n) is 6.10. The number of nitrogens with zero attached hydrogens (tertiary/aromatic N) is 1. The molecule has 0 aliphatic rings. The Bertz CT molecular complexity index is 644. The summed E-state index contributed by atoms with van der Waals surface area (Å²) < 4.78 is 12.7. The Balaban J connectivity index is 1.80. The Morgan fingerprint density at radius 2 is 1.95 bits per heavy atom. The fraction of sp³-hybridized carbons (Fsp3) is 0.0667. The molecule has 0 saturated heterocycles. The predicted molar refractivity (Wildman–Crippen MR) is 79.8 cm³/mol. The number of rotatable bonds is 5. The molecule has 0 fully saturated rings. The van der Waals surface area contributed by atoms with Crippen molar-refractivity contribution in [1.82, 2.24) is 0 Å². The third kappa shape index (κ3) is 4.89. The van der Waals surface area contributed by atoms with Crippen molar-refractivity contribution in [3.05, 3.63) is 64.9 Å². The fourth-order valence-corrected chi connectivity index (χ4v) is 1.69. The third-order valence-corrected chi connectivity index (χ3v) is 2.85. The second-order valence-electron chi connectivity index (χ2n) is 4.10. The van der Waals surface area contributed by atoms with E-state index in [1.54, 1.807) is 36.4 Å². The standard InChI is InChI=1S/C15H12ClFN2O2/c16-13-3-1-2-4-14(13)19-15(20)9-18-21-10-11-5-7-12(17)8-6-11/h1-9H,10H2,(H,19,20)/b18-9+. The Morgan fingerprint density at radius 3 is 2.67 bits per heavy atom. The molecule has 0 radical (unpaired) electrons. The van der Waals surface area contributed by atoms with Crippen LogP contribution in [0.5, 0.6) is 0 Å². The molecular weight excluding hydrogens is 295 g/mol. The van der Waals surface area contributed by atoms with Crippen LogP contribution in [0.15, 0.2) is 53.7 Å². The van der Waals surface area contributed by atoms with E-state index in [0.717, 1.165) is 11.8 Å². The predicted octanol–water partition coefficient (Wildman–Crippen LogP) is 3.62. The van der Waals surface area contributed by atoms with E-state index in [0.29, 0.717) is 10.7 Å². The summed E-state index contributed by atoms with van der Waals surface area (Å²) in [5, 5.41) is 6.54. The van der Waals surface area contributed by atoms with Gasteiger partial charge in [0.15, 0.2) is 0 Å². The minimum absolute atomic E-state index is 0.149. The lowest BCUT2D eigenvalue weighted by Gasteiger charge is -2.03. The molecule has 0 saturated carbocycles. The van der Waals surface area contributed by atoms with Crippen molar-refractivity contribution in [2.75, 3.05) is 5.32 Å². The van der Waals surface area contributed by atoms with E-state index in [1.807, 2.05) is 0 Å². The summed E-state index contributed by atoms with van der Waals surface area (Å²) in [7, 11) is 0. The highest BCUT2D eigenvalue weighted by Crippen LogP contribution is 2.19. The average Bonchev–Trinajstić information content (AvgIpc) is 2.48. The minimum atomic E-state index is -0.456. The van der Waals surface area contributed by atoms with E-state index >= 15 is 0 Å². The molecule has 0 bridgehead atoms. The Labute approximate surface area is 126 Å². The molecule has 0 aromatic heterocycles. The molecule has 0 heterocycles. The van der Waals surface area contributed by atoms with Crippen molar-refractivity contribution in [3.8, 4) is 0 Å². The van der Waals surface area contributed by atoms with Gasteiger partial charge >= 0.3 is 0 Å². The summed E-state index contributed by atoms with van der Waals surface area (Å²) in [5.41, 5.74) is 1.24. The smallest absolute Gasteiger partial charge is 0.270 e. The number of hydrogen-bond donors (Lipinski definition) is 1. The van der Waals surface area contributed by atoms with E-state index in [2.05, 4.69) is 10.5 Å². The van der Waals surface area contributed by atoms with Gasteiger partial charge in [-0.05, 0) is 29.8 Å². The molecule has 108 valence electrons. The van der Waals surface area contributed by atoms with Crippen molar-refractivity contribution in [1.29, 1.82) is 0 Å². The number of amides is 1. The topological polar surface area (TPSA) is 50.7 Å². The number of carbonyl (C=O) groups excluding carboxylic acids is 1. The van der Waals surface area contributed by atoms with Gasteiger partial charge in [0.05, 0.1) is 10.7 Å². The van der Waals surface area contributed by atoms with Crippen LogP contribution in [0.3, 0.4) is 0 Å². The molecule has 0 aliphatic heterocycles. The van der Waals surface area contributed by atoms with Gasteiger partial charge in [0.2, 0.25) is 0 Å². The first-order valence-corrected chi connectivity index (χ1v) is 6.48. The number of para-hydroxylation sites is 1. The summed E-state index contributed by atoms with van der Waals surface area (Å²) in [4.78, 5) is 16.5. The largest absolute Gasteiger partial charge is 0.391 e. The Morgan fingerprint density at radius 1 is 1.24 bits per heavy atom. The molecule has 1 N–H and O–H groups in total. The maximum atomic E-state index is 12.7. The van der Waals surface area contributed by atoms with Gasteiger partial charge in [-0.25, -0.2) is 4.39 Å². The molecule has 0 unspecified atom stereocenters. The maximum absolute atomic E-state index is 12.7. The van der Waals surface area contributed by atoms with Gasteiger partial charge in [0, 0.05) is 0 Å². The van der Waals surface area contributed by atoms with Crippen LogP contribution in [0, 0.1) is 5.82 Å². The van der Waals surface area contributed by atoms with Gasteiger partial charge in [-0.3, -0.25) is 4.79 Å². The second kappa shape index (κ2) is 7.40. The van der Waals surface area contributed by atoms with Crippen LogP contribution >= 0.6 is 11.6 Å². The summed E-state index contributed by atoms with van der Waals surface area (Å²) >= 11 is 5.90. The van der Waals surface area contributed by atoms with E-state index in [1.165, 1.54) is 12.1 Å². The maximum Gasteiger partial charge on any atom is 0.270 e. The van der Waals surface area contributed by atoms with E-state index in [4.69, 9.17) is 16.4 Å². The van der Waals surface area contributed by atoms with E-state index < -0.39 is 5.91 Å². The normalized spacial score (nSPS) is 10.6. The van der Waals surface area contributed by atoms with E-state index in [-0.39, 0.29) is 12.4 Å². The van der Waals surface area contributed by atoms with Gasteiger partial charge in [-0.15, -0.1) is 0 Å². The van der Waals surface area contributed by atoms with Crippen LogP contribution in [-0.4, -0.2) is 12.1 Å². The second-order valence-corrected chi connectivity index (χ2v) is 4.51. The molecule has 2 rings (SSSR count).